The average molecular weight is 424 g/mol. The lowest BCUT2D eigenvalue weighted by Crippen LogP contribution is -2.28. The van der Waals surface area contributed by atoms with Crippen LogP contribution in [0.3, 0.4) is 0 Å². The molecule has 0 aliphatic carbocycles. The minimum atomic E-state index is -0.816. The highest BCUT2D eigenvalue weighted by Gasteiger charge is 2.31. The summed E-state index contributed by atoms with van der Waals surface area (Å²) in [5, 5.41) is 10.8. The lowest BCUT2D eigenvalue weighted by molar-refractivity contribution is -0.0477. The van der Waals surface area contributed by atoms with Crippen LogP contribution in [0.4, 0.5) is 10.6 Å². The molecule has 0 radical (unpaired) electrons. The van der Waals surface area contributed by atoms with Crippen LogP contribution in [-0.2, 0) is 19.8 Å². The smallest absolute Gasteiger partial charge is 0.432 e. The van der Waals surface area contributed by atoms with E-state index in [9.17, 15) is 4.79 Å². The molecule has 0 amide bonds. The first-order valence-corrected chi connectivity index (χ1v) is 9.70. The zero-order valence-electron chi connectivity index (χ0n) is 17.3. The molecular weight excluding hydrogens is 400 g/mol. The summed E-state index contributed by atoms with van der Waals surface area (Å²) in [6, 6.07) is 7.41. The van der Waals surface area contributed by atoms with Crippen molar-refractivity contribution in [3.8, 4) is 6.57 Å². The van der Waals surface area contributed by atoms with Gasteiger partial charge in [0.05, 0.1) is 11.8 Å². The van der Waals surface area contributed by atoms with Gasteiger partial charge in [0.25, 0.3) is 0 Å². The molecule has 1 aliphatic heterocycles. The number of rotatable bonds is 5. The highest BCUT2D eigenvalue weighted by atomic mass is 16.7. The molecule has 31 heavy (non-hydrogen) atoms. The molecule has 10 heteroatoms. The summed E-state index contributed by atoms with van der Waals surface area (Å²) in [5.41, 5.74) is 7.55. The van der Waals surface area contributed by atoms with Crippen LogP contribution >= 0.6 is 0 Å². The number of nitrogens with zero attached hydrogens (tertiary/aromatic N) is 5. The summed E-state index contributed by atoms with van der Waals surface area (Å²) in [6.45, 7) is 7.23. The number of nitrogen functional groups attached to an aromatic ring is 1. The Morgan fingerprint density at radius 2 is 2.03 bits per heavy atom. The molecule has 3 aromatic rings. The highest BCUT2D eigenvalue weighted by molar-refractivity contribution is 5.65. The molecule has 3 aromatic heterocycles. The molecule has 162 valence electrons. The molecule has 1 aliphatic rings. The fourth-order valence-corrected chi connectivity index (χ4v) is 3.47. The van der Waals surface area contributed by atoms with E-state index >= 15 is 0 Å². The lowest BCUT2D eigenvalue weighted by Gasteiger charge is -2.25. The van der Waals surface area contributed by atoms with Crippen molar-refractivity contribution in [2.24, 2.45) is 0 Å². The first kappa shape index (κ1) is 22.0. The normalized spacial score (nSPS) is 18.2. The van der Waals surface area contributed by atoms with Crippen LogP contribution in [0.2, 0.25) is 0 Å². The van der Waals surface area contributed by atoms with Crippen molar-refractivity contribution in [1.82, 2.24) is 19.6 Å². The zero-order valence-corrected chi connectivity index (χ0v) is 17.3. The van der Waals surface area contributed by atoms with Gasteiger partial charge in [0.1, 0.15) is 30.2 Å². The van der Waals surface area contributed by atoms with Crippen LogP contribution in [0, 0.1) is 11.8 Å². The molecule has 0 saturated carbocycles. The van der Waals surface area contributed by atoms with Crippen molar-refractivity contribution in [2.75, 3.05) is 12.3 Å². The summed E-state index contributed by atoms with van der Waals surface area (Å²) in [4.78, 5) is 20.1. The van der Waals surface area contributed by atoms with Crippen LogP contribution in [0.1, 0.15) is 44.1 Å². The fraction of sp³-hybridized carbons (Fsp3) is 0.381. The number of anilines is 1. The van der Waals surface area contributed by atoms with Gasteiger partial charge < -0.3 is 19.9 Å². The van der Waals surface area contributed by atoms with Gasteiger partial charge in [-0.15, -0.1) is 0 Å². The van der Waals surface area contributed by atoms with Crippen LogP contribution < -0.4 is 5.73 Å². The van der Waals surface area contributed by atoms with Gasteiger partial charge in [-0.1, -0.05) is 0 Å². The summed E-state index contributed by atoms with van der Waals surface area (Å²) >= 11 is 0. The highest BCUT2D eigenvalue weighted by Crippen LogP contribution is 2.34. The minimum Gasteiger partial charge on any atom is -0.432 e. The summed E-state index contributed by atoms with van der Waals surface area (Å²) in [7, 11) is 0. The zero-order chi connectivity index (χ0) is 22.4. The fourth-order valence-electron chi connectivity index (χ4n) is 3.47. The molecule has 0 spiro atoms. The monoisotopic (exact) mass is 424 g/mol. The van der Waals surface area contributed by atoms with Crippen molar-refractivity contribution in [2.45, 2.75) is 44.5 Å². The van der Waals surface area contributed by atoms with E-state index in [1.807, 2.05) is 12.1 Å². The van der Waals surface area contributed by atoms with Gasteiger partial charge in [0.2, 0.25) is 0 Å². The Hall–Kier alpha value is -3.71. The second-order valence-corrected chi connectivity index (χ2v) is 7.43. The number of aromatic nitrogens is 4. The first-order valence-electron chi connectivity index (χ1n) is 9.70. The third kappa shape index (κ3) is 4.90. The largest absolute Gasteiger partial charge is 0.509 e. The molecule has 4 rings (SSSR count). The van der Waals surface area contributed by atoms with Gasteiger partial charge in [0, 0.05) is 19.0 Å². The Morgan fingerprint density at radius 1 is 1.29 bits per heavy atom. The third-order valence-electron chi connectivity index (χ3n) is 5.05. The molecule has 2 atom stereocenters. The third-order valence-corrected chi connectivity index (χ3v) is 5.05. The quantitative estimate of drug-likeness (QED) is 0.612. The summed E-state index contributed by atoms with van der Waals surface area (Å²) in [6.07, 6.45) is 5.20. The number of carbonyl (C=O) groups is 1. The molecule has 4 heterocycles. The molecule has 0 bridgehead atoms. The number of ether oxygens (including phenoxy) is 3. The lowest BCUT2D eigenvalue weighted by atomic mass is 10.00. The average Bonchev–Trinajstić information content (AvgIpc) is 3.42. The van der Waals surface area contributed by atoms with Crippen LogP contribution in [0.15, 0.2) is 43.0 Å². The number of nitriles is 1. The topological polar surface area (TPSA) is 138 Å². The van der Waals surface area contributed by atoms with E-state index in [4.69, 9.17) is 25.2 Å². The Labute approximate surface area is 179 Å². The van der Waals surface area contributed by atoms with E-state index in [1.54, 1.807) is 42.9 Å². The van der Waals surface area contributed by atoms with Crippen molar-refractivity contribution < 1.29 is 19.0 Å². The molecule has 2 N–H and O–H groups in total. The van der Waals surface area contributed by atoms with Crippen molar-refractivity contribution in [3.63, 3.8) is 0 Å². The second kappa shape index (κ2) is 9.40. The molecular formula is C21H24N6O4. The summed E-state index contributed by atoms with van der Waals surface area (Å²) in [5.74, 6) is 0.420. The van der Waals surface area contributed by atoms with E-state index in [1.165, 1.54) is 6.33 Å². The van der Waals surface area contributed by atoms with Crippen molar-refractivity contribution in [3.05, 3.63) is 54.2 Å². The van der Waals surface area contributed by atoms with Crippen LogP contribution in [0.25, 0.3) is 5.52 Å². The number of pyridine rings is 1. The number of nitrogens with two attached hydrogens (primary N) is 1. The Bertz CT molecular complexity index is 1050. The van der Waals surface area contributed by atoms with E-state index in [2.05, 4.69) is 21.6 Å². The van der Waals surface area contributed by atoms with Crippen molar-refractivity contribution in [1.29, 1.82) is 5.26 Å². The van der Waals surface area contributed by atoms with Crippen molar-refractivity contribution >= 4 is 17.5 Å². The standard InChI is InChI=1S/C20H23N5O4.CHN/c1-20(2,13-7-9-22-10-8-13)29-19(26)27-11-14-3-6-17(28-14)15-4-5-16-18(21)23-12-24-25(15)16;1-2/h4-5,7-10,12,14,17H,3,6,11H2,1-2H3,(H2,21,23,24);1H. The molecule has 10 nitrogen and oxygen atoms in total. The minimum absolute atomic E-state index is 0.127. The van der Waals surface area contributed by atoms with Crippen LogP contribution in [-0.4, -0.2) is 38.4 Å². The first-order chi connectivity index (χ1) is 14.9. The van der Waals surface area contributed by atoms with Gasteiger partial charge in [-0.3, -0.25) is 4.98 Å². The number of hydrogen-bond acceptors (Lipinski definition) is 9. The number of fused-ring (bicyclic) bond motifs is 1. The SMILES string of the molecule is C#N.CC(C)(OC(=O)OCC1CCC(c2ccc3c(N)ncnn23)O1)c1ccncc1. The van der Waals surface area contributed by atoms with E-state index in [0.717, 1.165) is 29.6 Å². The maximum atomic E-state index is 12.2. The summed E-state index contributed by atoms with van der Waals surface area (Å²) < 4.78 is 18.6. The Kier molecular flexibility index (Phi) is 6.67. The number of carbonyl (C=O) groups excluding carboxylic acids is 1. The van der Waals surface area contributed by atoms with E-state index in [-0.39, 0.29) is 18.8 Å². The maximum absolute atomic E-state index is 12.2. The van der Waals surface area contributed by atoms with E-state index in [0.29, 0.717) is 5.82 Å². The van der Waals surface area contributed by atoms with Gasteiger partial charge >= 0.3 is 6.16 Å². The van der Waals surface area contributed by atoms with E-state index < -0.39 is 11.8 Å². The van der Waals surface area contributed by atoms with Gasteiger partial charge in [-0.2, -0.15) is 5.10 Å². The van der Waals surface area contributed by atoms with Crippen LogP contribution in [0.5, 0.6) is 0 Å². The molecule has 2 unspecified atom stereocenters. The Morgan fingerprint density at radius 3 is 2.77 bits per heavy atom. The predicted molar refractivity (Wildman–Crippen MR) is 111 cm³/mol. The molecule has 0 aromatic carbocycles. The molecule has 1 fully saturated rings. The second-order valence-electron chi connectivity index (χ2n) is 7.43. The Balaban J connectivity index is 0.00000132. The maximum Gasteiger partial charge on any atom is 0.509 e. The van der Waals surface area contributed by atoms with Gasteiger partial charge in [-0.05, 0) is 56.5 Å². The van der Waals surface area contributed by atoms with Gasteiger partial charge in [0.15, 0.2) is 5.82 Å². The number of hydrogen-bond donors (Lipinski definition) is 1. The predicted octanol–water partition coefficient (Wildman–Crippen LogP) is 3.15. The molecule has 1 saturated heterocycles. The van der Waals surface area contributed by atoms with Gasteiger partial charge in [-0.25, -0.2) is 19.6 Å².